The maximum atomic E-state index is 12.6. The quantitative estimate of drug-likeness (QED) is 0.748. The highest BCUT2D eigenvalue weighted by atomic mass is 16.4. The number of nitrogens with one attached hydrogen (secondary N) is 1. The van der Waals surface area contributed by atoms with Crippen molar-refractivity contribution in [2.45, 2.75) is 64.3 Å². The predicted molar refractivity (Wildman–Crippen MR) is 102 cm³/mol. The number of aliphatic carboxylic acids is 1. The maximum absolute atomic E-state index is 12.6. The molecule has 1 aromatic rings. The third-order valence-electron chi connectivity index (χ3n) is 5.77. The van der Waals surface area contributed by atoms with Crippen LogP contribution >= 0.6 is 0 Å². The van der Waals surface area contributed by atoms with Crippen molar-refractivity contribution in [2.75, 3.05) is 11.9 Å². The molecular formula is C21H28N2O4. The van der Waals surface area contributed by atoms with Crippen molar-refractivity contribution >= 4 is 23.5 Å². The molecule has 2 amide bonds. The third kappa shape index (κ3) is 4.87. The van der Waals surface area contributed by atoms with Gasteiger partial charge in [-0.25, -0.2) is 0 Å². The van der Waals surface area contributed by atoms with Gasteiger partial charge in [-0.05, 0) is 37.0 Å². The lowest BCUT2D eigenvalue weighted by Crippen LogP contribution is -2.35. The van der Waals surface area contributed by atoms with E-state index in [-0.39, 0.29) is 18.2 Å². The molecule has 0 radical (unpaired) electrons. The van der Waals surface area contributed by atoms with Crippen molar-refractivity contribution in [1.82, 2.24) is 4.90 Å². The van der Waals surface area contributed by atoms with E-state index in [9.17, 15) is 19.5 Å². The molecule has 6 nitrogen and oxygen atoms in total. The van der Waals surface area contributed by atoms with Crippen LogP contribution < -0.4 is 5.32 Å². The Morgan fingerprint density at radius 2 is 1.85 bits per heavy atom. The fraction of sp³-hybridized carbons (Fsp3) is 0.571. The molecule has 2 aliphatic rings. The first kappa shape index (κ1) is 19.4. The molecule has 1 heterocycles. The molecule has 0 unspecified atom stereocenters. The fourth-order valence-corrected chi connectivity index (χ4v) is 4.22. The minimum atomic E-state index is -0.944. The van der Waals surface area contributed by atoms with E-state index in [0.717, 1.165) is 44.2 Å². The Labute approximate surface area is 159 Å². The molecule has 0 atom stereocenters. The van der Waals surface area contributed by atoms with Crippen molar-refractivity contribution in [3.05, 3.63) is 29.8 Å². The number of carboxylic acids is 1. The van der Waals surface area contributed by atoms with Crippen LogP contribution in [-0.4, -0.2) is 34.3 Å². The zero-order chi connectivity index (χ0) is 19.3. The third-order valence-corrected chi connectivity index (χ3v) is 5.77. The lowest BCUT2D eigenvalue weighted by atomic mass is 9.77. The molecule has 2 fully saturated rings. The number of nitrogens with zero attached hydrogens (tertiary/aromatic N) is 1. The van der Waals surface area contributed by atoms with Crippen molar-refractivity contribution < 1.29 is 19.5 Å². The highest BCUT2D eigenvalue weighted by Gasteiger charge is 2.40. The second kappa shape index (κ2) is 8.55. The number of anilines is 1. The van der Waals surface area contributed by atoms with Crippen molar-refractivity contribution in [3.63, 3.8) is 0 Å². The largest absolute Gasteiger partial charge is 0.481 e. The molecule has 2 N–H and O–H groups in total. The van der Waals surface area contributed by atoms with Crippen LogP contribution in [0.25, 0.3) is 0 Å². The molecule has 1 saturated carbocycles. The van der Waals surface area contributed by atoms with Crippen LogP contribution in [-0.2, 0) is 20.9 Å². The monoisotopic (exact) mass is 372 g/mol. The number of hydrogen-bond acceptors (Lipinski definition) is 3. The summed E-state index contributed by atoms with van der Waals surface area (Å²) in [6.45, 7) is 1.32. The predicted octanol–water partition coefficient (Wildman–Crippen LogP) is 3.56. The highest BCUT2D eigenvalue weighted by Crippen LogP contribution is 2.38. The fourth-order valence-electron chi connectivity index (χ4n) is 4.22. The van der Waals surface area contributed by atoms with E-state index >= 15 is 0 Å². The summed E-state index contributed by atoms with van der Waals surface area (Å²) in [6.07, 6.45) is 6.43. The molecule has 1 aliphatic carbocycles. The first-order chi connectivity index (χ1) is 13.0. The van der Waals surface area contributed by atoms with E-state index in [1.807, 2.05) is 23.1 Å². The van der Waals surface area contributed by atoms with Gasteiger partial charge in [-0.3, -0.25) is 14.4 Å². The summed E-state index contributed by atoms with van der Waals surface area (Å²) in [6, 6.07) is 7.45. The number of likely N-dealkylation sites (tertiary alicyclic amines) is 1. The van der Waals surface area contributed by atoms with E-state index < -0.39 is 11.4 Å². The lowest BCUT2D eigenvalue weighted by molar-refractivity contribution is -0.152. The van der Waals surface area contributed by atoms with Gasteiger partial charge in [0, 0.05) is 31.6 Å². The molecule has 6 heteroatoms. The molecule has 0 spiro atoms. The Hall–Kier alpha value is -2.37. The van der Waals surface area contributed by atoms with Crippen molar-refractivity contribution in [2.24, 2.45) is 5.41 Å². The Bertz CT molecular complexity index is 708. The Morgan fingerprint density at radius 3 is 2.48 bits per heavy atom. The second-order valence-corrected chi connectivity index (χ2v) is 7.84. The molecule has 1 saturated heterocycles. The zero-order valence-corrected chi connectivity index (χ0v) is 15.7. The van der Waals surface area contributed by atoms with Crippen LogP contribution in [0, 0.1) is 5.41 Å². The van der Waals surface area contributed by atoms with Gasteiger partial charge in [-0.15, -0.1) is 0 Å². The van der Waals surface area contributed by atoms with Gasteiger partial charge in [-0.2, -0.15) is 0 Å². The van der Waals surface area contributed by atoms with E-state index in [1.165, 1.54) is 0 Å². The number of amides is 2. The van der Waals surface area contributed by atoms with Gasteiger partial charge in [0.15, 0.2) is 0 Å². The minimum Gasteiger partial charge on any atom is -0.481 e. The number of benzene rings is 1. The highest BCUT2D eigenvalue weighted by molar-refractivity contribution is 5.94. The zero-order valence-electron chi connectivity index (χ0n) is 15.7. The minimum absolute atomic E-state index is 0.0111. The van der Waals surface area contributed by atoms with E-state index in [2.05, 4.69) is 5.32 Å². The van der Waals surface area contributed by atoms with Crippen molar-refractivity contribution in [1.29, 1.82) is 0 Å². The topological polar surface area (TPSA) is 86.7 Å². The second-order valence-electron chi connectivity index (χ2n) is 7.84. The smallest absolute Gasteiger partial charge is 0.310 e. The average molecular weight is 372 g/mol. The SMILES string of the molecule is O=C(CC1(C(=O)O)CCCCCC1)Nc1cccc(CN2CCCC2=O)c1. The summed E-state index contributed by atoms with van der Waals surface area (Å²) in [5, 5.41) is 12.6. The number of hydrogen-bond donors (Lipinski definition) is 2. The molecule has 27 heavy (non-hydrogen) atoms. The molecule has 1 aliphatic heterocycles. The molecule has 1 aromatic carbocycles. The number of carboxylic acid groups (broad SMARTS) is 1. The molecule has 146 valence electrons. The van der Waals surface area contributed by atoms with Gasteiger partial charge >= 0.3 is 5.97 Å². The maximum Gasteiger partial charge on any atom is 0.310 e. The summed E-state index contributed by atoms with van der Waals surface area (Å²) in [7, 11) is 0. The Kier molecular flexibility index (Phi) is 6.14. The van der Waals surface area contributed by atoms with Gasteiger partial charge in [-0.1, -0.05) is 37.8 Å². The lowest BCUT2D eigenvalue weighted by Gasteiger charge is -2.27. The van der Waals surface area contributed by atoms with E-state index in [1.54, 1.807) is 6.07 Å². The summed E-state index contributed by atoms with van der Waals surface area (Å²) in [5.41, 5.74) is 0.670. The number of carbonyl (C=O) groups excluding carboxylic acids is 2. The normalized spacial score (nSPS) is 19.6. The molecule has 0 bridgehead atoms. The van der Waals surface area contributed by atoms with E-state index in [4.69, 9.17) is 0 Å². The van der Waals surface area contributed by atoms with Gasteiger partial charge in [0.2, 0.25) is 11.8 Å². The van der Waals surface area contributed by atoms with Crippen LogP contribution in [0.1, 0.15) is 63.4 Å². The van der Waals surface area contributed by atoms with Crippen LogP contribution in [0.5, 0.6) is 0 Å². The first-order valence-electron chi connectivity index (χ1n) is 9.88. The standard InChI is InChI=1S/C21H28N2O4/c24-18(14-21(20(26)27)10-3-1-2-4-11-21)22-17-8-5-7-16(13-17)15-23-12-6-9-19(23)25/h5,7-8,13H,1-4,6,9-12,14-15H2,(H,22,24)(H,26,27). The first-order valence-corrected chi connectivity index (χ1v) is 9.88. The van der Waals surface area contributed by atoms with Crippen LogP contribution in [0.15, 0.2) is 24.3 Å². The molecule has 0 aromatic heterocycles. The Morgan fingerprint density at radius 1 is 1.11 bits per heavy atom. The van der Waals surface area contributed by atoms with Crippen molar-refractivity contribution in [3.8, 4) is 0 Å². The summed E-state index contributed by atoms with van der Waals surface area (Å²) in [4.78, 5) is 38.1. The average Bonchev–Trinajstić information content (AvgIpc) is 2.88. The van der Waals surface area contributed by atoms with Gasteiger partial charge in [0.1, 0.15) is 0 Å². The van der Waals surface area contributed by atoms with Gasteiger partial charge in [0.05, 0.1) is 5.41 Å². The Balaban J connectivity index is 1.63. The summed E-state index contributed by atoms with van der Waals surface area (Å²) >= 11 is 0. The molecular weight excluding hydrogens is 344 g/mol. The summed E-state index contributed by atoms with van der Waals surface area (Å²) in [5.74, 6) is -0.948. The van der Waals surface area contributed by atoms with Gasteiger partial charge < -0.3 is 15.3 Å². The van der Waals surface area contributed by atoms with Gasteiger partial charge in [0.25, 0.3) is 0 Å². The number of carbonyl (C=O) groups is 3. The van der Waals surface area contributed by atoms with Crippen LogP contribution in [0.3, 0.4) is 0 Å². The van der Waals surface area contributed by atoms with E-state index in [0.29, 0.717) is 31.5 Å². The molecule has 3 rings (SSSR count). The number of rotatable bonds is 6. The van der Waals surface area contributed by atoms with Crippen LogP contribution in [0.4, 0.5) is 5.69 Å². The van der Waals surface area contributed by atoms with Crippen LogP contribution in [0.2, 0.25) is 0 Å². The summed E-state index contributed by atoms with van der Waals surface area (Å²) < 4.78 is 0.